The van der Waals surface area contributed by atoms with E-state index in [9.17, 15) is 4.79 Å². The lowest BCUT2D eigenvalue weighted by atomic mass is 9.87. The summed E-state index contributed by atoms with van der Waals surface area (Å²) in [6.45, 7) is 4.23. The largest absolute Gasteiger partial charge is 0.481 e. The highest BCUT2D eigenvalue weighted by Gasteiger charge is 2.25. The van der Waals surface area contributed by atoms with Crippen molar-refractivity contribution < 1.29 is 9.90 Å². The van der Waals surface area contributed by atoms with Crippen molar-refractivity contribution in [3.8, 4) is 0 Å². The van der Waals surface area contributed by atoms with Crippen LogP contribution in [-0.4, -0.2) is 21.0 Å². The Morgan fingerprint density at radius 3 is 3.06 bits per heavy atom. The molecule has 4 heteroatoms. The van der Waals surface area contributed by atoms with Gasteiger partial charge in [0.15, 0.2) is 0 Å². The van der Waals surface area contributed by atoms with E-state index in [-0.39, 0.29) is 5.92 Å². The average Bonchev–Trinajstić information content (AvgIpc) is 2.36. The molecule has 1 aliphatic rings. The summed E-state index contributed by atoms with van der Waals surface area (Å²) in [6.07, 6.45) is 4.87. The van der Waals surface area contributed by atoms with Crippen molar-refractivity contribution in [2.24, 2.45) is 5.92 Å². The number of carboxylic acids is 1. The number of rotatable bonds is 3. The molecule has 0 spiro atoms. The molecule has 0 bridgehead atoms. The van der Waals surface area contributed by atoms with Crippen LogP contribution >= 0.6 is 0 Å². The van der Waals surface area contributed by atoms with Crippen LogP contribution in [-0.2, 0) is 17.6 Å². The van der Waals surface area contributed by atoms with Gasteiger partial charge in [-0.1, -0.05) is 13.8 Å². The van der Waals surface area contributed by atoms with Gasteiger partial charge in [-0.05, 0) is 31.2 Å². The highest BCUT2D eigenvalue weighted by atomic mass is 16.4. The van der Waals surface area contributed by atoms with Gasteiger partial charge in [0.1, 0.15) is 5.82 Å². The van der Waals surface area contributed by atoms with Gasteiger partial charge < -0.3 is 5.11 Å². The molecule has 1 N–H and O–H groups in total. The van der Waals surface area contributed by atoms with Crippen LogP contribution in [0.5, 0.6) is 0 Å². The van der Waals surface area contributed by atoms with Crippen LogP contribution in [0.25, 0.3) is 0 Å². The zero-order valence-corrected chi connectivity index (χ0v) is 10.3. The Hall–Kier alpha value is -1.45. The van der Waals surface area contributed by atoms with Crippen LogP contribution in [0.3, 0.4) is 0 Å². The van der Waals surface area contributed by atoms with E-state index < -0.39 is 5.97 Å². The third-order valence-corrected chi connectivity index (χ3v) is 3.57. The molecule has 0 radical (unpaired) electrons. The van der Waals surface area contributed by atoms with Crippen molar-refractivity contribution in [1.29, 1.82) is 0 Å². The molecule has 1 aliphatic carbocycles. The molecule has 0 aliphatic heterocycles. The zero-order valence-electron chi connectivity index (χ0n) is 10.3. The highest BCUT2D eigenvalue weighted by molar-refractivity contribution is 5.70. The van der Waals surface area contributed by atoms with Gasteiger partial charge in [0, 0.05) is 17.8 Å². The fraction of sp³-hybridized carbons (Fsp3) is 0.615. The summed E-state index contributed by atoms with van der Waals surface area (Å²) in [7, 11) is 0. The van der Waals surface area contributed by atoms with E-state index >= 15 is 0 Å². The van der Waals surface area contributed by atoms with Crippen molar-refractivity contribution in [3.05, 3.63) is 23.3 Å². The molecule has 0 saturated carbocycles. The number of carbonyl (C=O) groups is 1. The van der Waals surface area contributed by atoms with Gasteiger partial charge in [-0.15, -0.1) is 0 Å². The Morgan fingerprint density at radius 2 is 2.41 bits per heavy atom. The van der Waals surface area contributed by atoms with Crippen LogP contribution in [0.2, 0.25) is 0 Å². The maximum Gasteiger partial charge on any atom is 0.306 e. The summed E-state index contributed by atoms with van der Waals surface area (Å²) in [4.78, 5) is 19.9. The molecule has 4 nitrogen and oxygen atoms in total. The molecule has 1 aromatic heterocycles. The fourth-order valence-electron chi connectivity index (χ4n) is 2.15. The summed E-state index contributed by atoms with van der Waals surface area (Å²) in [5.74, 6) is 0.291. The lowest BCUT2D eigenvalue weighted by Crippen LogP contribution is -2.23. The number of aryl methyl sites for hydroxylation is 1. The molecule has 0 fully saturated rings. The van der Waals surface area contributed by atoms with E-state index in [1.807, 2.05) is 6.20 Å². The first-order valence-corrected chi connectivity index (χ1v) is 6.19. The third-order valence-electron chi connectivity index (χ3n) is 3.57. The predicted molar refractivity (Wildman–Crippen MR) is 63.9 cm³/mol. The summed E-state index contributed by atoms with van der Waals surface area (Å²) in [6, 6.07) is 0. The van der Waals surface area contributed by atoms with E-state index in [4.69, 9.17) is 5.11 Å². The SMILES string of the molecule is CCC(C)c1ncc2c(n1)CCC(C(=O)O)C2. The first-order valence-electron chi connectivity index (χ1n) is 6.19. The van der Waals surface area contributed by atoms with E-state index in [0.29, 0.717) is 18.8 Å². The lowest BCUT2D eigenvalue weighted by molar-refractivity contribution is -0.142. The minimum absolute atomic E-state index is 0.263. The molecule has 0 amide bonds. The van der Waals surface area contributed by atoms with Crippen molar-refractivity contribution in [1.82, 2.24) is 9.97 Å². The number of nitrogens with zero attached hydrogens (tertiary/aromatic N) is 2. The van der Waals surface area contributed by atoms with Crippen molar-refractivity contribution in [2.75, 3.05) is 0 Å². The van der Waals surface area contributed by atoms with Gasteiger partial charge in [0.25, 0.3) is 0 Å². The first-order chi connectivity index (χ1) is 8.11. The second-order valence-corrected chi connectivity index (χ2v) is 4.79. The van der Waals surface area contributed by atoms with Crippen molar-refractivity contribution in [2.45, 2.75) is 45.4 Å². The van der Waals surface area contributed by atoms with E-state index in [1.54, 1.807) is 0 Å². The monoisotopic (exact) mass is 234 g/mol. The van der Waals surface area contributed by atoms with Crippen molar-refractivity contribution in [3.63, 3.8) is 0 Å². The van der Waals surface area contributed by atoms with Crippen LogP contribution in [0.1, 0.15) is 49.7 Å². The number of aliphatic carboxylic acids is 1. The van der Waals surface area contributed by atoms with Crippen LogP contribution < -0.4 is 0 Å². The normalized spacial score (nSPS) is 20.7. The number of carboxylic acid groups (broad SMARTS) is 1. The molecule has 1 heterocycles. The molecular formula is C13H18N2O2. The minimum atomic E-state index is -0.707. The number of fused-ring (bicyclic) bond motifs is 1. The molecule has 17 heavy (non-hydrogen) atoms. The van der Waals surface area contributed by atoms with Crippen LogP contribution in [0.15, 0.2) is 6.20 Å². The first kappa shape index (κ1) is 12.0. The summed E-state index contributed by atoms with van der Waals surface area (Å²) >= 11 is 0. The Labute approximate surface area is 101 Å². The average molecular weight is 234 g/mol. The molecule has 0 aromatic carbocycles. The van der Waals surface area contributed by atoms with Gasteiger partial charge in [-0.25, -0.2) is 9.97 Å². The zero-order chi connectivity index (χ0) is 12.4. The fourth-order valence-corrected chi connectivity index (χ4v) is 2.15. The summed E-state index contributed by atoms with van der Waals surface area (Å²) in [5.41, 5.74) is 2.06. The molecule has 0 saturated heterocycles. The maximum absolute atomic E-state index is 10.9. The van der Waals surface area contributed by atoms with E-state index in [2.05, 4.69) is 23.8 Å². The van der Waals surface area contributed by atoms with Gasteiger partial charge in [-0.3, -0.25) is 4.79 Å². The van der Waals surface area contributed by atoms with E-state index in [1.165, 1.54) is 0 Å². The molecule has 1 aromatic rings. The Bertz CT molecular complexity index is 431. The molecule has 92 valence electrons. The molecule has 2 unspecified atom stereocenters. The van der Waals surface area contributed by atoms with Gasteiger partial charge in [0.05, 0.1) is 5.92 Å². The second-order valence-electron chi connectivity index (χ2n) is 4.79. The quantitative estimate of drug-likeness (QED) is 0.870. The minimum Gasteiger partial charge on any atom is -0.481 e. The third kappa shape index (κ3) is 2.46. The molecule has 2 atom stereocenters. The lowest BCUT2D eigenvalue weighted by Gasteiger charge is -2.21. The number of hydrogen-bond donors (Lipinski definition) is 1. The van der Waals surface area contributed by atoms with Crippen LogP contribution in [0, 0.1) is 5.92 Å². The predicted octanol–water partition coefficient (Wildman–Crippen LogP) is 2.18. The van der Waals surface area contributed by atoms with E-state index in [0.717, 1.165) is 29.9 Å². The Kier molecular flexibility index (Phi) is 3.41. The smallest absolute Gasteiger partial charge is 0.306 e. The Morgan fingerprint density at radius 1 is 1.65 bits per heavy atom. The van der Waals surface area contributed by atoms with Gasteiger partial charge in [-0.2, -0.15) is 0 Å². The number of aromatic nitrogens is 2. The molecule has 2 rings (SSSR count). The van der Waals surface area contributed by atoms with Gasteiger partial charge in [0.2, 0.25) is 0 Å². The van der Waals surface area contributed by atoms with Gasteiger partial charge >= 0.3 is 5.97 Å². The maximum atomic E-state index is 10.9. The Balaban J connectivity index is 2.22. The summed E-state index contributed by atoms with van der Waals surface area (Å²) < 4.78 is 0. The second kappa shape index (κ2) is 4.82. The topological polar surface area (TPSA) is 63.1 Å². The summed E-state index contributed by atoms with van der Waals surface area (Å²) in [5, 5.41) is 9.00. The standard InChI is InChI=1S/C13H18N2O2/c1-3-8(2)12-14-7-10-6-9(13(16)17)4-5-11(10)15-12/h7-9H,3-6H2,1-2H3,(H,16,17). The van der Waals surface area contributed by atoms with Crippen molar-refractivity contribution >= 4 is 5.97 Å². The van der Waals surface area contributed by atoms with Crippen LogP contribution in [0.4, 0.5) is 0 Å². The number of hydrogen-bond acceptors (Lipinski definition) is 3. The molecular weight excluding hydrogens is 216 g/mol. The highest BCUT2D eigenvalue weighted by Crippen LogP contribution is 2.25.